The number of methoxy groups -OCH3 is 1. The molecule has 7 rings (SSSR count). The maximum atomic E-state index is 14.9. The highest BCUT2D eigenvalue weighted by atomic mass is 35.5. The van der Waals surface area contributed by atoms with Gasteiger partial charge in [-0.25, -0.2) is 4.79 Å². The minimum atomic E-state index is -0.823. The molecule has 13 heteroatoms. The van der Waals surface area contributed by atoms with Gasteiger partial charge >= 0.3 is 6.03 Å². The van der Waals surface area contributed by atoms with E-state index in [0.29, 0.717) is 85.1 Å². The van der Waals surface area contributed by atoms with Gasteiger partial charge in [-0.1, -0.05) is 47.5 Å². The van der Waals surface area contributed by atoms with Crippen LogP contribution in [0, 0.1) is 17.8 Å². The number of carbonyl (C=O) groups excluding carboxylic acids is 2. The number of benzene rings is 3. The number of piperazine rings is 1. The van der Waals surface area contributed by atoms with E-state index in [1.807, 2.05) is 85.5 Å². The van der Waals surface area contributed by atoms with Crippen molar-refractivity contribution in [3.63, 3.8) is 0 Å². The van der Waals surface area contributed by atoms with E-state index >= 15 is 0 Å². The molecule has 0 aromatic heterocycles. The van der Waals surface area contributed by atoms with E-state index in [4.69, 9.17) is 37.7 Å². The van der Waals surface area contributed by atoms with E-state index in [2.05, 4.69) is 10.2 Å². The van der Waals surface area contributed by atoms with Crippen molar-refractivity contribution in [3.05, 3.63) is 93.5 Å². The molecule has 3 N–H and O–H groups in total. The Bertz CT molecular complexity index is 1810. The highest BCUT2D eigenvalue weighted by molar-refractivity contribution is 6.30. The smallest absolute Gasteiger partial charge is 0.326 e. The van der Waals surface area contributed by atoms with Crippen LogP contribution in [0.5, 0.6) is 11.5 Å². The number of amides is 3. The van der Waals surface area contributed by atoms with Crippen molar-refractivity contribution in [2.45, 2.75) is 57.1 Å². The van der Waals surface area contributed by atoms with Crippen LogP contribution in [0.25, 0.3) is 0 Å². The minimum Gasteiger partial charge on any atom is -0.497 e. The van der Waals surface area contributed by atoms with E-state index in [0.717, 1.165) is 11.1 Å². The Hall–Kier alpha value is -3.87. The van der Waals surface area contributed by atoms with Crippen LogP contribution in [-0.2, 0) is 4.79 Å². The van der Waals surface area contributed by atoms with Crippen LogP contribution >= 0.6 is 23.2 Å². The van der Waals surface area contributed by atoms with E-state index in [-0.39, 0.29) is 35.8 Å². The number of aliphatic imine (C=N–C) groups is 1. The maximum absolute atomic E-state index is 14.9. The summed E-state index contributed by atoms with van der Waals surface area (Å²) < 4.78 is 11.8. The first-order valence-electron chi connectivity index (χ1n) is 18.4. The molecule has 7 atom stereocenters. The van der Waals surface area contributed by atoms with Crippen molar-refractivity contribution in [2.24, 2.45) is 22.7 Å². The maximum Gasteiger partial charge on any atom is 0.326 e. The molecular weight excluding hydrogens is 717 g/mol. The van der Waals surface area contributed by atoms with Crippen LogP contribution < -0.4 is 14.8 Å². The Morgan fingerprint density at radius 2 is 1.57 bits per heavy atom. The fourth-order valence-corrected chi connectivity index (χ4v) is 8.66. The highest BCUT2D eigenvalue weighted by Gasteiger charge is 2.54. The molecule has 282 valence electrons. The topological polar surface area (TPSA) is 127 Å². The van der Waals surface area contributed by atoms with Crippen LogP contribution in [0.4, 0.5) is 4.79 Å². The number of nitrogens with zero attached hydrogens (tertiary/aromatic N) is 4. The first-order chi connectivity index (χ1) is 25.5. The van der Waals surface area contributed by atoms with Crippen LogP contribution in [0.15, 0.2) is 71.7 Å². The average Bonchev–Trinajstić information content (AvgIpc) is 3.85. The quantitative estimate of drug-likeness (QED) is 0.247. The summed E-state index contributed by atoms with van der Waals surface area (Å²) in [5.41, 5.74) is 2.47. The number of carbonyl (C=O) groups is 2. The van der Waals surface area contributed by atoms with E-state index in [1.165, 1.54) is 0 Å². The summed E-state index contributed by atoms with van der Waals surface area (Å²) in [6.45, 7) is 7.27. The molecule has 2 heterocycles. The third-order valence-electron chi connectivity index (χ3n) is 11.1. The predicted molar refractivity (Wildman–Crippen MR) is 204 cm³/mol. The second kappa shape index (κ2) is 15.8. The molecule has 2 saturated carbocycles. The van der Waals surface area contributed by atoms with Gasteiger partial charge in [-0.05, 0) is 86.1 Å². The van der Waals surface area contributed by atoms with Crippen molar-refractivity contribution < 1.29 is 29.3 Å². The van der Waals surface area contributed by atoms with Crippen LogP contribution in [0.2, 0.25) is 10.0 Å². The van der Waals surface area contributed by atoms with E-state index < -0.39 is 24.3 Å². The summed E-state index contributed by atoms with van der Waals surface area (Å²) in [5, 5.41) is 24.7. The molecule has 1 saturated heterocycles. The van der Waals surface area contributed by atoms with Gasteiger partial charge in [0.15, 0.2) is 0 Å². The Morgan fingerprint density at radius 3 is 2.17 bits per heavy atom. The lowest BCUT2D eigenvalue weighted by Gasteiger charge is -2.39. The number of hydrogen-bond donors (Lipinski definition) is 3. The zero-order valence-electron chi connectivity index (χ0n) is 30.2. The largest absolute Gasteiger partial charge is 0.497 e. The van der Waals surface area contributed by atoms with Crippen molar-refractivity contribution in [3.8, 4) is 11.5 Å². The lowest BCUT2D eigenvalue weighted by atomic mass is 9.84. The molecule has 2 aliphatic heterocycles. The lowest BCUT2D eigenvalue weighted by Crippen LogP contribution is -2.55. The van der Waals surface area contributed by atoms with Gasteiger partial charge in [0, 0.05) is 61.3 Å². The molecule has 1 unspecified atom stereocenters. The third-order valence-corrected chi connectivity index (χ3v) is 11.6. The van der Waals surface area contributed by atoms with Crippen molar-refractivity contribution in [1.82, 2.24) is 20.0 Å². The van der Waals surface area contributed by atoms with E-state index in [9.17, 15) is 19.8 Å². The molecule has 4 aliphatic rings. The van der Waals surface area contributed by atoms with Gasteiger partial charge in [-0.3, -0.25) is 19.6 Å². The Kier molecular flexibility index (Phi) is 11.2. The van der Waals surface area contributed by atoms with Gasteiger partial charge < -0.3 is 29.9 Å². The number of ether oxygens (including phenoxy) is 2. The molecule has 2 aliphatic carbocycles. The Morgan fingerprint density at radius 1 is 0.906 bits per heavy atom. The molecule has 3 aromatic rings. The Labute approximate surface area is 320 Å². The average molecular weight is 765 g/mol. The van der Waals surface area contributed by atoms with Gasteiger partial charge in [0.2, 0.25) is 5.91 Å². The minimum absolute atomic E-state index is 0.00247. The summed E-state index contributed by atoms with van der Waals surface area (Å²) in [4.78, 5) is 39.1. The fraction of sp³-hybridized carbons (Fsp3) is 0.475. The van der Waals surface area contributed by atoms with Gasteiger partial charge in [0.05, 0.1) is 37.0 Å². The first-order valence-corrected chi connectivity index (χ1v) is 19.2. The van der Waals surface area contributed by atoms with E-state index in [1.54, 1.807) is 12.0 Å². The summed E-state index contributed by atoms with van der Waals surface area (Å²) >= 11 is 12.7. The predicted octanol–water partition coefficient (Wildman–Crippen LogP) is 5.57. The first kappa shape index (κ1) is 37.4. The standard InChI is InChI=1S/C40H47Cl2N5O6/c1-23(2)53-33-22-29(52-3)12-13-30(33)38-44-34(24-4-8-27(41)9-5-24)35(25-6-10-28(42)11-7-25)47(38)40(51)46-18-16-45(17-19-46)15-14-43-39(50)32-21-26-20-31(32)37(49)36(26)48/h4-13,22-23,26,31-32,34-37,48-49H,14-21H2,1-3H3,(H,43,50)/t26-,31?,32-,34-,35+,36+,37-/m0/s1. The summed E-state index contributed by atoms with van der Waals surface area (Å²) in [6, 6.07) is 19.6. The molecule has 53 heavy (non-hydrogen) atoms. The summed E-state index contributed by atoms with van der Waals surface area (Å²) in [5.74, 6) is 1.20. The normalized spacial score (nSPS) is 26.9. The lowest BCUT2D eigenvalue weighted by molar-refractivity contribution is -0.130. The summed E-state index contributed by atoms with van der Waals surface area (Å²) in [6.07, 6.45) is -0.367. The van der Waals surface area contributed by atoms with Gasteiger partial charge in [0.1, 0.15) is 23.4 Å². The van der Waals surface area contributed by atoms with Crippen molar-refractivity contribution in [1.29, 1.82) is 0 Å². The molecule has 3 fully saturated rings. The van der Waals surface area contributed by atoms with Crippen LogP contribution in [0.1, 0.15) is 55.5 Å². The number of hydrogen-bond acceptors (Lipinski definition) is 8. The number of rotatable bonds is 10. The van der Waals surface area contributed by atoms with Crippen molar-refractivity contribution >= 4 is 41.0 Å². The molecule has 0 radical (unpaired) electrons. The fourth-order valence-electron chi connectivity index (χ4n) is 8.40. The zero-order valence-corrected chi connectivity index (χ0v) is 31.7. The number of halogens is 2. The number of aliphatic hydroxyl groups is 2. The second-order valence-electron chi connectivity index (χ2n) is 14.7. The van der Waals surface area contributed by atoms with Crippen LogP contribution in [-0.4, -0.2) is 107 Å². The summed E-state index contributed by atoms with van der Waals surface area (Å²) in [7, 11) is 1.61. The molecule has 3 aromatic carbocycles. The number of nitrogens with one attached hydrogen (secondary N) is 1. The second-order valence-corrected chi connectivity index (χ2v) is 15.6. The number of urea groups is 1. The van der Waals surface area contributed by atoms with Crippen molar-refractivity contribution in [2.75, 3.05) is 46.4 Å². The highest BCUT2D eigenvalue weighted by Crippen LogP contribution is 2.49. The SMILES string of the molecule is COc1ccc(C2=N[C@@H](c3ccc(Cl)cc3)[C@@H](c3ccc(Cl)cc3)N2C(=O)N2CCN(CCNC(=O)[C@H]3C[C@@H]4CC3[C@H](O)[C@@H]4O)CC2)c(OC(C)C)c1. The molecule has 11 nitrogen and oxygen atoms in total. The molecule has 3 amide bonds. The number of fused-ring (bicyclic) bond motifs is 2. The molecular formula is C40H47Cl2N5O6. The van der Waals surface area contributed by atoms with Gasteiger partial charge in [-0.15, -0.1) is 0 Å². The number of aliphatic hydroxyl groups excluding tert-OH is 2. The third kappa shape index (κ3) is 7.73. The van der Waals surface area contributed by atoms with Crippen LogP contribution in [0.3, 0.4) is 0 Å². The monoisotopic (exact) mass is 763 g/mol. The number of amidine groups is 1. The Balaban J connectivity index is 1.12. The van der Waals surface area contributed by atoms with Gasteiger partial charge in [-0.2, -0.15) is 0 Å². The molecule has 2 bridgehead atoms. The molecule has 0 spiro atoms. The van der Waals surface area contributed by atoms with Gasteiger partial charge in [0.25, 0.3) is 0 Å². The zero-order chi connectivity index (χ0) is 37.4.